The number of carbonyl (C=O) groups excluding carboxylic acids is 1. The second-order valence-corrected chi connectivity index (χ2v) is 9.28. The summed E-state index contributed by atoms with van der Waals surface area (Å²) in [5, 5.41) is 3.31. The number of anilines is 2. The monoisotopic (exact) mass is 498 g/mol. The molecule has 0 spiro atoms. The molecule has 1 saturated carbocycles. The van der Waals surface area contributed by atoms with Crippen LogP contribution in [0.4, 0.5) is 29.1 Å². The summed E-state index contributed by atoms with van der Waals surface area (Å²) in [7, 11) is 0. The molecule has 0 radical (unpaired) electrons. The largest absolute Gasteiger partial charge is 0.416 e. The molecular weight excluding hydrogens is 472 g/mol. The van der Waals surface area contributed by atoms with Crippen molar-refractivity contribution in [1.29, 1.82) is 0 Å². The summed E-state index contributed by atoms with van der Waals surface area (Å²) < 4.78 is 53.9. The number of alkyl halides is 3. The van der Waals surface area contributed by atoms with E-state index >= 15 is 0 Å². The third-order valence-corrected chi connectivity index (χ3v) is 6.44. The van der Waals surface area contributed by atoms with E-state index in [0.717, 1.165) is 31.5 Å². The van der Waals surface area contributed by atoms with E-state index in [0.29, 0.717) is 44.1 Å². The van der Waals surface area contributed by atoms with E-state index in [-0.39, 0.29) is 22.4 Å². The predicted molar refractivity (Wildman–Crippen MR) is 124 cm³/mol. The molecule has 1 aliphatic carbocycles. The van der Waals surface area contributed by atoms with E-state index in [1.165, 1.54) is 25.1 Å². The second kappa shape index (κ2) is 10.1. The summed E-state index contributed by atoms with van der Waals surface area (Å²) in [5.41, 5.74) is -0.0967. The van der Waals surface area contributed by atoms with Crippen molar-refractivity contribution in [1.82, 2.24) is 10.3 Å². The van der Waals surface area contributed by atoms with Crippen LogP contribution in [0.3, 0.4) is 0 Å². The molecule has 4 rings (SSSR count). The smallest absolute Gasteiger partial charge is 0.345 e. The number of benzene rings is 1. The fourth-order valence-corrected chi connectivity index (χ4v) is 4.46. The van der Waals surface area contributed by atoms with Gasteiger partial charge < -0.3 is 15.1 Å². The van der Waals surface area contributed by atoms with Gasteiger partial charge in [-0.25, -0.2) is 9.37 Å². The number of nitrogens with zero attached hydrogens (tertiary/aromatic N) is 3. The maximum Gasteiger partial charge on any atom is 0.416 e. The van der Waals surface area contributed by atoms with E-state index in [1.54, 1.807) is 9.80 Å². The van der Waals surface area contributed by atoms with E-state index in [9.17, 15) is 22.4 Å². The Morgan fingerprint density at radius 3 is 2.68 bits per heavy atom. The average molecular weight is 499 g/mol. The molecule has 0 unspecified atom stereocenters. The van der Waals surface area contributed by atoms with Crippen molar-refractivity contribution in [3.63, 3.8) is 0 Å². The summed E-state index contributed by atoms with van der Waals surface area (Å²) in [6.07, 6.45) is -0.401. The van der Waals surface area contributed by atoms with Gasteiger partial charge in [0, 0.05) is 30.5 Å². The maximum atomic E-state index is 13.8. The van der Waals surface area contributed by atoms with Crippen LogP contribution < -0.4 is 15.1 Å². The van der Waals surface area contributed by atoms with Crippen LogP contribution in [0.2, 0.25) is 5.02 Å². The molecule has 1 amide bonds. The molecule has 2 aromatic rings. The van der Waals surface area contributed by atoms with Crippen LogP contribution in [0.25, 0.3) is 0 Å². The number of pyridine rings is 1. The molecule has 2 aliphatic rings. The summed E-state index contributed by atoms with van der Waals surface area (Å²) in [4.78, 5) is 21.2. The Morgan fingerprint density at radius 1 is 1.24 bits per heavy atom. The third-order valence-electron chi connectivity index (χ3n) is 6.15. The first-order chi connectivity index (χ1) is 16.1. The number of nitrogens with one attached hydrogen (secondary N) is 1. The van der Waals surface area contributed by atoms with Gasteiger partial charge in [-0.3, -0.25) is 4.79 Å². The summed E-state index contributed by atoms with van der Waals surface area (Å²) in [6, 6.07) is 5.98. The van der Waals surface area contributed by atoms with Gasteiger partial charge in [0.05, 0.1) is 10.6 Å². The van der Waals surface area contributed by atoms with Gasteiger partial charge in [0.15, 0.2) is 0 Å². The number of hydrogen-bond acceptors (Lipinski definition) is 4. The predicted octanol–water partition coefficient (Wildman–Crippen LogP) is 5.35. The number of carbonyl (C=O) groups is 1. The molecule has 1 atom stereocenters. The zero-order chi connectivity index (χ0) is 24.5. The molecule has 5 nitrogen and oxygen atoms in total. The summed E-state index contributed by atoms with van der Waals surface area (Å²) >= 11 is 5.98. The summed E-state index contributed by atoms with van der Waals surface area (Å²) in [5.74, 6) is -0.710. The third kappa shape index (κ3) is 5.81. The second-order valence-electron chi connectivity index (χ2n) is 8.87. The van der Waals surface area contributed by atoms with Gasteiger partial charge >= 0.3 is 6.18 Å². The van der Waals surface area contributed by atoms with Gasteiger partial charge in [0.25, 0.3) is 0 Å². The molecule has 184 valence electrons. The molecule has 0 bridgehead atoms. The van der Waals surface area contributed by atoms with Crippen molar-refractivity contribution in [2.24, 2.45) is 0 Å². The Balaban J connectivity index is 1.59. The standard InChI is InChI=1S/C24H27ClF4N4O/c1-15-12-16(24(27,28)29)13-22(31-15)33-10-2-4-21(33)23(34)32(11-3-9-30-17-5-6-17)18-7-8-20(26)19(25)14-18/h7-8,12-14,17,21,30H,2-6,9-11H2,1H3/t21-/m0/s1. The Hall–Kier alpha value is -2.39. The van der Waals surface area contributed by atoms with E-state index in [1.807, 2.05) is 0 Å². The lowest BCUT2D eigenvalue weighted by atomic mass is 10.1. The molecule has 10 heteroatoms. The van der Waals surface area contributed by atoms with Crippen molar-refractivity contribution in [2.75, 3.05) is 29.4 Å². The van der Waals surface area contributed by atoms with Gasteiger partial charge in [-0.2, -0.15) is 13.2 Å². The van der Waals surface area contributed by atoms with Crippen LogP contribution in [-0.4, -0.2) is 42.6 Å². The Bertz CT molecular complexity index is 1040. The first-order valence-corrected chi connectivity index (χ1v) is 11.8. The van der Waals surface area contributed by atoms with Crippen molar-refractivity contribution < 1.29 is 22.4 Å². The van der Waals surface area contributed by atoms with Gasteiger partial charge in [-0.05, 0) is 75.9 Å². The fourth-order valence-electron chi connectivity index (χ4n) is 4.29. The average Bonchev–Trinajstić information content (AvgIpc) is 3.47. The number of hydrogen-bond donors (Lipinski definition) is 1. The topological polar surface area (TPSA) is 48.5 Å². The Labute approximate surface area is 201 Å². The number of aryl methyl sites for hydroxylation is 1. The maximum absolute atomic E-state index is 13.8. The van der Waals surface area contributed by atoms with Gasteiger partial charge in [0.2, 0.25) is 5.91 Å². The Morgan fingerprint density at radius 2 is 2.00 bits per heavy atom. The van der Waals surface area contributed by atoms with Crippen molar-refractivity contribution >= 4 is 29.0 Å². The highest BCUT2D eigenvalue weighted by Gasteiger charge is 2.37. The minimum atomic E-state index is -4.51. The van der Waals surface area contributed by atoms with Gasteiger partial charge in [0.1, 0.15) is 17.7 Å². The number of aromatic nitrogens is 1. The molecule has 1 aromatic heterocycles. The molecule has 1 N–H and O–H groups in total. The molecule has 1 saturated heterocycles. The Kier molecular flexibility index (Phi) is 7.33. The van der Waals surface area contributed by atoms with Crippen molar-refractivity contribution in [2.45, 2.75) is 57.3 Å². The zero-order valence-corrected chi connectivity index (χ0v) is 19.6. The SMILES string of the molecule is Cc1cc(C(F)(F)F)cc(N2CCC[C@H]2C(=O)N(CCCNC2CC2)c2ccc(F)c(Cl)c2)n1. The summed E-state index contributed by atoms with van der Waals surface area (Å²) in [6.45, 7) is 3.03. The van der Waals surface area contributed by atoms with E-state index in [4.69, 9.17) is 11.6 Å². The van der Waals surface area contributed by atoms with Crippen LogP contribution in [0, 0.1) is 12.7 Å². The minimum absolute atomic E-state index is 0.0927. The quantitative estimate of drug-likeness (QED) is 0.394. The van der Waals surface area contributed by atoms with Gasteiger partial charge in [-0.1, -0.05) is 11.6 Å². The van der Waals surface area contributed by atoms with Crippen molar-refractivity contribution in [3.05, 3.63) is 52.4 Å². The molecule has 1 aliphatic heterocycles. The fraction of sp³-hybridized carbons (Fsp3) is 0.500. The lowest BCUT2D eigenvalue weighted by molar-refractivity contribution is -0.137. The number of halogens is 5. The van der Waals surface area contributed by atoms with E-state index < -0.39 is 23.6 Å². The van der Waals surface area contributed by atoms with E-state index in [2.05, 4.69) is 10.3 Å². The lowest BCUT2D eigenvalue weighted by Gasteiger charge is -2.31. The lowest BCUT2D eigenvalue weighted by Crippen LogP contribution is -2.47. The molecule has 2 heterocycles. The molecular formula is C24H27ClF4N4O. The minimum Gasteiger partial charge on any atom is -0.345 e. The first kappa shape index (κ1) is 24.7. The number of amides is 1. The molecule has 2 fully saturated rings. The molecule has 1 aromatic carbocycles. The van der Waals surface area contributed by atoms with Crippen LogP contribution in [0.15, 0.2) is 30.3 Å². The molecule has 34 heavy (non-hydrogen) atoms. The highest BCUT2D eigenvalue weighted by atomic mass is 35.5. The zero-order valence-electron chi connectivity index (χ0n) is 18.8. The highest BCUT2D eigenvalue weighted by molar-refractivity contribution is 6.31. The normalized spacial score (nSPS) is 18.4. The number of rotatable bonds is 8. The van der Waals surface area contributed by atoms with Crippen molar-refractivity contribution in [3.8, 4) is 0 Å². The first-order valence-electron chi connectivity index (χ1n) is 11.5. The van der Waals surface area contributed by atoms with Crippen LogP contribution in [-0.2, 0) is 11.0 Å². The van der Waals surface area contributed by atoms with Crippen LogP contribution >= 0.6 is 11.6 Å². The highest BCUT2D eigenvalue weighted by Crippen LogP contribution is 2.34. The van der Waals surface area contributed by atoms with Crippen LogP contribution in [0.5, 0.6) is 0 Å². The van der Waals surface area contributed by atoms with Crippen LogP contribution in [0.1, 0.15) is 43.4 Å². The van der Waals surface area contributed by atoms with Gasteiger partial charge in [-0.15, -0.1) is 0 Å².